The summed E-state index contributed by atoms with van der Waals surface area (Å²) in [6.45, 7) is 11.5. The molecule has 0 aromatic rings. The lowest BCUT2D eigenvalue weighted by Gasteiger charge is -2.52. The van der Waals surface area contributed by atoms with Gasteiger partial charge in [-0.2, -0.15) is 5.06 Å². The molecule has 1 unspecified atom stereocenters. The molecule has 1 heterocycles. The van der Waals surface area contributed by atoms with Gasteiger partial charge >= 0.3 is 0 Å². The molecule has 1 saturated heterocycles. The second kappa shape index (κ2) is 9.24. The number of unbranched alkanes of at least 4 members (excludes halogenated alkanes) is 7. The van der Waals surface area contributed by atoms with E-state index in [9.17, 15) is 5.21 Å². The summed E-state index contributed by atoms with van der Waals surface area (Å²) in [5.41, 5.74) is -0.455. The highest BCUT2D eigenvalue weighted by molar-refractivity contribution is 4.98. The number of ether oxygens (including phenoxy) is 1. The van der Waals surface area contributed by atoms with E-state index in [0.29, 0.717) is 0 Å². The molecule has 22 heavy (non-hydrogen) atoms. The Balaban J connectivity index is 2.15. The lowest BCUT2D eigenvalue weighted by Crippen LogP contribution is -2.63. The zero-order chi connectivity index (χ0) is 16.6. The molecule has 1 aliphatic heterocycles. The smallest absolute Gasteiger partial charge is 0.0777 e. The van der Waals surface area contributed by atoms with Gasteiger partial charge in [0.15, 0.2) is 0 Å². The van der Waals surface area contributed by atoms with Crippen molar-refractivity contribution in [3.8, 4) is 0 Å². The number of hydroxylamine groups is 2. The van der Waals surface area contributed by atoms with E-state index in [1.807, 2.05) is 0 Å². The van der Waals surface area contributed by atoms with E-state index < -0.39 is 0 Å². The standard InChI is InChI=1S/C19H39NO2/c1-6-7-8-9-10-11-12-13-16-22-17-14-15-18(2,3)20(21)19(17,4)5/h17,21H,6-16H2,1-5H3. The first-order valence-corrected chi connectivity index (χ1v) is 9.43. The number of piperidine rings is 1. The Morgan fingerprint density at radius 1 is 0.955 bits per heavy atom. The average molecular weight is 314 g/mol. The van der Waals surface area contributed by atoms with E-state index in [0.717, 1.165) is 25.9 Å². The van der Waals surface area contributed by atoms with Crippen molar-refractivity contribution in [2.45, 2.75) is 116 Å². The normalized spacial score (nSPS) is 24.5. The van der Waals surface area contributed by atoms with Crippen LogP contribution in [0.2, 0.25) is 0 Å². The highest BCUT2D eigenvalue weighted by atomic mass is 16.5. The number of nitrogens with zero attached hydrogens (tertiary/aromatic N) is 1. The molecule has 0 radical (unpaired) electrons. The van der Waals surface area contributed by atoms with Gasteiger partial charge in [0.25, 0.3) is 0 Å². The van der Waals surface area contributed by atoms with Crippen LogP contribution in [-0.4, -0.2) is 34.1 Å². The first-order valence-electron chi connectivity index (χ1n) is 9.43. The minimum absolute atomic E-state index is 0.134. The van der Waals surface area contributed by atoms with E-state index in [1.165, 1.54) is 50.0 Å². The van der Waals surface area contributed by atoms with Crippen LogP contribution in [0.15, 0.2) is 0 Å². The molecular weight excluding hydrogens is 274 g/mol. The molecule has 1 atom stereocenters. The van der Waals surface area contributed by atoms with Crippen LogP contribution in [0.4, 0.5) is 0 Å². The topological polar surface area (TPSA) is 32.7 Å². The van der Waals surface area contributed by atoms with E-state index >= 15 is 0 Å². The summed E-state index contributed by atoms with van der Waals surface area (Å²) in [5.74, 6) is 0. The minimum Gasteiger partial charge on any atom is -0.376 e. The summed E-state index contributed by atoms with van der Waals surface area (Å²) in [6.07, 6.45) is 12.8. The van der Waals surface area contributed by atoms with Crippen LogP contribution < -0.4 is 0 Å². The molecule has 132 valence electrons. The molecule has 1 fully saturated rings. The van der Waals surface area contributed by atoms with Crippen molar-refractivity contribution >= 4 is 0 Å². The monoisotopic (exact) mass is 313 g/mol. The van der Waals surface area contributed by atoms with Gasteiger partial charge < -0.3 is 9.94 Å². The number of hydrogen-bond acceptors (Lipinski definition) is 3. The van der Waals surface area contributed by atoms with Crippen molar-refractivity contribution < 1.29 is 9.94 Å². The first-order chi connectivity index (χ1) is 10.3. The third kappa shape index (κ3) is 5.82. The van der Waals surface area contributed by atoms with Crippen LogP contribution in [0.3, 0.4) is 0 Å². The van der Waals surface area contributed by atoms with E-state index in [-0.39, 0.29) is 17.2 Å². The summed E-state index contributed by atoms with van der Waals surface area (Å²) < 4.78 is 6.11. The Hall–Kier alpha value is -0.120. The summed E-state index contributed by atoms with van der Waals surface area (Å²) in [6, 6.07) is 0. The van der Waals surface area contributed by atoms with Gasteiger partial charge in [0.1, 0.15) is 0 Å². The van der Waals surface area contributed by atoms with Gasteiger partial charge in [-0.15, -0.1) is 0 Å². The quantitative estimate of drug-likeness (QED) is 0.536. The Morgan fingerprint density at radius 3 is 2.09 bits per heavy atom. The van der Waals surface area contributed by atoms with Gasteiger partial charge in [-0.3, -0.25) is 0 Å². The van der Waals surface area contributed by atoms with Crippen molar-refractivity contribution in [1.82, 2.24) is 5.06 Å². The lowest BCUT2D eigenvalue weighted by atomic mass is 9.80. The number of hydrogen-bond donors (Lipinski definition) is 1. The molecule has 0 aromatic carbocycles. The molecule has 0 amide bonds. The van der Waals surface area contributed by atoms with Crippen LogP contribution in [0.1, 0.15) is 98.8 Å². The molecule has 0 saturated carbocycles. The largest absolute Gasteiger partial charge is 0.376 e. The second-order valence-corrected chi connectivity index (χ2v) is 8.15. The van der Waals surface area contributed by atoms with E-state index in [2.05, 4.69) is 34.6 Å². The fourth-order valence-electron chi connectivity index (χ4n) is 3.61. The highest BCUT2D eigenvalue weighted by Gasteiger charge is 2.47. The molecule has 0 spiro atoms. The minimum atomic E-state index is -0.304. The van der Waals surface area contributed by atoms with Gasteiger partial charge in [0.2, 0.25) is 0 Å². The summed E-state index contributed by atoms with van der Waals surface area (Å²) in [4.78, 5) is 0. The molecule has 1 aliphatic rings. The van der Waals surface area contributed by atoms with Crippen LogP contribution in [0, 0.1) is 0 Å². The molecule has 1 N–H and O–H groups in total. The van der Waals surface area contributed by atoms with Crippen molar-refractivity contribution in [2.24, 2.45) is 0 Å². The van der Waals surface area contributed by atoms with Gasteiger partial charge in [0.05, 0.1) is 11.6 Å². The van der Waals surface area contributed by atoms with Crippen molar-refractivity contribution in [3.63, 3.8) is 0 Å². The molecular formula is C19H39NO2. The van der Waals surface area contributed by atoms with Gasteiger partial charge in [-0.25, -0.2) is 0 Å². The van der Waals surface area contributed by atoms with Crippen LogP contribution in [0.5, 0.6) is 0 Å². The van der Waals surface area contributed by atoms with Crippen molar-refractivity contribution in [1.29, 1.82) is 0 Å². The third-order valence-corrected chi connectivity index (χ3v) is 5.24. The number of rotatable bonds is 10. The van der Waals surface area contributed by atoms with Gasteiger partial charge in [-0.05, 0) is 47.0 Å². The Bertz CT molecular complexity index is 302. The fourth-order valence-corrected chi connectivity index (χ4v) is 3.61. The predicted octanol–water partition coefficient (Wildman–Crippen LogP) is 5.55. The SMILES string of the molecule is CCCCCCCCCCOC1CCC(C)(C)N(O)C1(C)C. The van der Waals surface area contributed by atoms with E-state index in [1.54, 1.807) is 0 Å². The van der Waals surface area contributed by atoms with Crippen LogP contribution >= 0.6 is 0 Å². The second-order valence-electron chi connectivity index (χ2n) is 8.15. The maximum atomic E-state index is 10.4. The Labute approximate surface area is 138 Å². The molecule has 0 aromatic heterocycles. The summed E-state index contributed by atoms with van der Waals surface area (Å²) >= 11 is 0. The van der Waals surface area contributed by atoms with Crippen molar-refractivity contribution in [3.05, 3.63) is 0 Å². The molecule has 0 aliphatic carbocycles. The Morgan fingerprint density at radius 2 is 1.50 bits per heavy atom. The van der Waals surface area contributed by atoms with Gasteiger partial charge in [-0.1, -0.05) is 51.9 Å². The fraction of sp³-hybridized carbons (Fsp3) is 1.00. The zero-order valence-corrected chi connectivity index (χ0v) is 15.7. The lowest BCUT2D eigenvalue weighted by molar-refractivity contribution is -0.276. The molecule has 3 nitrogen and oxygen atoms in total. The van der Waals surface area contributed by atoms with Crippen molar-refractivity contribution in [2.75, 3.05) is 6.61 Å². The predicted molar refractivity (Wildman–Crippen MR) is 93.4 cm³/mol. The summed E-state index contributed by atoms with van der Waals surface area (Å²) in [7, 11) is 0. The zero-order valence-electron chi connectivity index (χ0n) is 15.7. The maximum Gasteiger partial charge on any atom is 0.0777 e. The van der Waals surface area contributed by atoms with Crippen LogP contribution in [0.25, 0.3) is 0 Å². The Kier molecular flexibility index (Phi) is 8.37. The first kappa shape index (κ1) is 19.9. The van der Waals surface area contributed by atoms with Crippen LogP contribution in [-0.2, 0) is 4.74 Å². The molecule has 3 heteroatoms. The molecule has 1 rings (SSSR count). The average Bonchev–Trinajstić information content (AvgIpc) is 2.46. The van der Waals surface area contributed by atoms with Gasteiger partial charge in [0, 0.05) is 12.1 Å². The highest BCUT2D eigenvalue weighted by Crippen LogP contribution is 2.38. The van der Waals surface area contributed by atoms with E-state index in [4.69, 9.17) is 4.74 Å². The third-order valence-electron chi connectivity index (χ3n) is 5.24. The summed E-state index contributed by atoms with van der Waals surface area (Å²) in [5, 5.41) is 11.9. The maximum absolute atomic E-state index is 10.4. The molecule has 0 bridgehead atoms.